The van der Waals surface area contributed by atoms with Gasteiger partial charge in [-0.2, -0.15) is 0 Å². The average Bonchev–Trinajstić information content (AvgIpc) is 3.25. The molecule has 0 spiro atoms. The van der Waals surface area contributed by atoms with Crippen LogP contribution in [0.3, 0.4) is 0 Å². The van der Waals surface area contributed by atoms with E-state index in [9.17, 15) is 0 Å². The number of rotatable bonds is 5. The van der Waals surface area contributed by atoms with Crippen LogP contribution >= 0.6 is 34.2 Å². The van der Waals surface area contributed by atoms with Crippen molar-refractivity contribution < 1.29 is 0 Å². The molecular weight excluding hydrogens is 531 g/mol. The molecule has 8 heteroatoms. The van der Waals surface area contributed by atoms with Crippen LogP contribution in [0.4, 0.5) is 11.6 Å². The molecule has 3 aromatic heterocycles. The van der Waals surface area contributed by atoms with Crippen LogP contribution in [0.1, 0.15) is 10.6 Å². The van der Waals surface area contributed by atoms with Crippen molar-refractivity contribution in [3.8, 4) is 10.4 Å². The van der Waals surface area contributed by atoms with Crippen LogP contribution in [0.5, 0.6) is 0 Å². The zero-order chi connectivity index (χ0) is 22.1. The van der Waals surface area contributed by atoms with Crippen LogP contribution in [0.15, 0.2) is 61.6 Å². The number of thiazole rings is 1. The third-order valence-electron chi connectivity index (χ3n) is 5.55. The van der Waals surface area contributed by atoms with Gasteiger partial charge >= 0.3 is 0 Å². The lowest BCUT2D eigenvalue weighted by Gasteiger charge is -2.32. The van der Waals surface area contributed by atoms with Gasteiger partial charge in [-0.1, -0.05) is 18.7 Å². The maximum atomic E-state index is 4.59. The minimum absolute atomic E-state index is 0.775. The molecule has 4 heterocycles. The van der Waals surface area contributed by atoms with Gasteiger partial charge in [-0.05, 0) is 42.1 Å². The fraction of sp³-hybridized carbons (Fsp3) is 0.208. The number of hydrogen-bond donors (Lipinski definition) is 1. The summed E-state index contributed by atoms with van der Waals surface area (Å²) in [6.07, 6.45) is 5.68. The van der Waals surface area contributed by atoms with Crippen LogP contribution < -0.4 is 10.2 Å². The second kappa shape index (κ2) is 9.13. The highest BCUT2D eigenvalue weighted by atomic mass is 127. The summed E-state index contributed by atoms with van der Waals surface area (Å²) in [6, 6.07) is 12.6. The fourth-order valence-electron chi connectivity index (χ4n) is 3.77. The average molecular weight is 554 g/mol. The largest absolute Gasteiger partial charge is 0.354 e. The first-order valence-electron chi connectivity index (χ1n) is 10.5. The minimum atomic E-state index is 0.775. The maximum absolute atomic E-state index is 4.59. The van der Waals surface area contributed by atoms with E-state index in [2.05, 4.69) is 88.1 Å². The Balaban J connectivity index is 1.36. The van der Waals surface area contributed by atoms with E-state index in [0.29, 0.717) is 0 Å². The second-order valence-electron chi connectivity index (χ2n) is 7.78. The maximum Gasteiger partial charge on any atom is 0.130 e. The van der Waals surface area contributed by atoms with E-state index in [1.807, 2.05) is 31.6 Å². The SMILES string of the molecule is C=C(Nc1cc2cc(-c3cnc(C)s3)ccc2cn1)c1ccnc(N2CCN(I)CC2)c1. The lowest BCUT2D eigenvalue weighted by molar-refractivity contribution is 0.458. The quantitative estimate of drug-likeness (QED) is 0.256. The summed E-state index contributed by atoms with van der Waals surface area (Å²) in [5.74, 6) is 1.77. The molecule has 5 rings (SSSR count). The molecule has 0 radical (unpaired) electrons. The number of anilines is 2. The number of pyridine rings is 2. The van der Waals surface area contributed by atoms with Crippen molar-refractivity contribution in [2.75, 3.05) is 36.4 Å². The fourth-order valence-corrected chi connectivity index (χ4v) is 4.98. The normalized spacial score (nSPS) is 14.6. The molecule has 1 aliphatic heterocycles. The summed E-state index contributed by atoms with van der Waals surface area (Å²) < 4.78 is 2.31. The first-order chi connectivity index (χ1) is 15.5. The van der Waals surface area contributed by atoms with Crippen molar-refractivity contribution in [1.29, 1.82) is 0 Å². The van der Waals surface area contributed by atoms with Gasteiger partial charge in [-0.25, -0.2) is 18.1 Å². The molecular formula is C24H23IN6S. The summed E-state index contributed by atoms with van der Waals surface area (Å²) in [6.45, 7) is 10.3. The third kappa shape index (κ3) is 4.62. The van der Waals surface area contributed by atoms with E-state index in [4.69, 9.17) is 0 Å². The number of nitrogens with zero attached hydrogens (tertiary/aromatic N) is 5. The molecule has 1 fully saturated rings. The molecule has 0 atom stereocenters. The number of hydrogen-bond acceptors (Lipinski definition) is 7. The van der Waals surface area contributed by atoms with Gasteiger partial charge in [0.2, 0.25) is 0 Å². The van der Waals surface area contributed by atoms with Crippen molar-refractivity contribution in [3.63, 3.8) is 0 Å². The van der Waals surface area contributed by atoms with Gasteiger partial charge in [0.1, 0.15) is 11.6 Å². The molecule has 0 bridgehead atoms. The van der Waals surface area contributed by atoms with E-state index >= 15 is 0 Å². The molecule has 1 saturated heterocycles. The first-order valence-corrected chi connectivity index (χ1v) is 12.2. The summed E-state index contributed by atoms with van der Waals surface area (Å²) in [7, 11) is 0. The molecule has 0 aliphatic carbocycles. The van der Waals surface area contributed by atoms with E-state index < -0.39 is 0 Å². The molecule has 0 saturated carbocycles. The Morgan fingerprint density at radius 3 is 2.62 bits per heavy atom. The first kappa shape index (κ1) is 21.3. The summed E-state index contributed by atoms with van der Waals surface area (Å²) in [5, 5.41) is 6.68. The van der Waals surface area contributed by atoms with Crippen LogP contribution in [-0.4, -0.2) is 44.2 Å². The lowest BCUT2D eigenvalue weighted by Crippen LogP contribution is -2.42. The van der Waals surface area contributed by atoms with Gasteiger partial charge in [-0.3, -0.25) is 0 Å². The lowest BCUT2D eigenvalue weighted by atomic mass is 10.1. The van der Waals surface area contributed by atoms with Gasteiger partial charge in [0.25, 0.3) is 0 Å². The predicted octanol–water partition coefficient (Wildman–Crippen LogP) is 5.62. The molecule has 32 heavy (non-hydrogen) atoms. The monoisotopic (exact) mass is 554 g/mol. The van der Waals surface area contributed by atoms with Crippen molar-refractivity contribution in [2.24, 2.45) is 0 Å². The number of nitrogens with one attached hydrogen (secondary N) is 1. The highest BCUT2D eigenvalue weighted by Crippen LogP contribution is 2.30. The van der Waals surface area contributed by atoms with Crippen LogP contribution in [-0.2, 0) is 0 Å². The Kier molecular flexibility index (Phi) is 6.07. The molecule has 1 aromatic carbocycles. The predicted molar refractivity (Wildman–Crippen MR) is 142 cm³/mol. The Bertz CT molecular complexity index is 1280. The summed E-state index contributed by atoms with van der Waals surface area (Å²) >= 11 is 4.09. The van der Waals surface area contributed by atoms with Crippen molar-refractivity contribution in [1.82, 2.24) is 18.1 Å². The topological polar surface area (TPSA) is 57.2 Å². The highest BCUT2D eigenvalue weighted by molar-refractivity contribution is 14.1. The summed E-state index contributed by atoms with van der Waals surface area (Å²) in [4.78, 5) is 17.0. The highest BCUT2D eigenvalue weighted by Gasteiger charge is 2.16. The standard InChI is InChI=1S/C24H23IN6S/c1-16(18-5-6-26-24(13-18)30-7-9-31(25)10-8-30)29-23-12-21-11-19(3-4-20(21)14-28-23)22-15-27-17(2)32-22/h3-6,11-15H,1,7-10H2,2H3,(H,28,29). The van der Waals surface area contributed by atoms with Crippen molar-refractivity contribution in [3.05, 3.63) is 72.1 Å². The van der Waals surface area contributed by atoms with Gasteiger partial charge in [0.05, 0.1) is 9.88 Å². The number of fused-ring (bicyclic) bond motifs is 1. The number of aromatic nitrogens is 3. The summed E-state index contributed by atoms with van der Waals surface area (Å²) in [5.41, 5.74) is 2.99. The Hall–Kier alpha value is -2.56. The Labute approximate surface area is 205 Å². The van der Waals surface area contributed by atoms with E-state index in [-0.39, 0.29) is 0 Å². The minimum Gasteiger partial charge on any atom is -0.354 e. The molecule has 0 amide bonds. The van der Waals surface area contributed by atoms with Gasteiger partial charge in [0, 0.05) is 84.3 Å². The van der Waals surface area contributed by atoms with Crippen LogP contribution in [0.2, 0.25) is 0 Å². The Morgan fingerprint density at radius 1 is 1.00 bits per heavy atom. The van der Waals surface area contributed by atoms with E-state index in [0.717, 1.165) is 64.9 Å². The van der Waals surface area contributed by atoms with Crippen molar-refractivity contribution in [2.45, 2.75) is 6.92 Å². The number of piperazine rings is 1. The van der Waals surface area contributed by atoms with Crippen LogP contribution in [0.25, 0.3) is 26.9 Å². The Morgan fingerprint density at radius 2 is 1.84 bits per heavy atom. The van der Waals surface area contributed by atoms with Crippen LogP contribution in [0, 0.1) is 6.92 Å². The van der Waals surface area contributed by atoms with E-state index in [1.54, 1.807) is 11.3 Å². The smallest absolute Gasteiger partial charge is 0.130 e. The van der Waals surface area contributed by atoms with Crippen molar-refractivity contribution >= 4 is 62.3 Å². The zero-order valence-electron chi connectivity index (χ0n) is 17.8. The van der Waals surface area contributed by atoms with E-state index in [1.165, 1.54) is 10.4 Å². The number of aryl methyl sites for hydroxylation is 1. The molecule has 0 unspecified atom stereocenters. The van der Waals surface area contributed by atoms with Gasteiger partial charge in [0.15, 0.2) is 0 Å². The molecule has 162 valence electrons. The second-order valence-corrected chi connectivity index (χ2v) is 10.4. The molecule has 4 aromatic rings. The number of benzene rings is 1. The van der Waals surface area contributed by atoms with Gasteiger partial charge in [-0.15, -0.1) is 11.3 Å². The third-order valence-corrected chi connectivity index (χ3v) is 7.48. The molecule has 1 N–H and O–H groups in total. The molecule has 1 aliphatic rings. The van der Waals surface area contributed by atoms with Gasteiger partial charge < -0.3 is 10.2 Å². The molecule has 6 nitrogen and oxygen atoms in total. The number of halogens is 1. The zero-order valence-corrected chi connectivity index (χ0v) is 20.7.